The van der Waals surface area contributed by atoms with E-state index in [1.54, 1.807) is 19.1 Å². The predicted octanol–water partition coefficient (Wildman–Crippen LogP) is 3.39. The molecule has 2 nitrogen and oxygen atoms in total. The largest absolute Gasteiger partial charge is 0.406 e. The molecule has 0 aliphatic carbocycles. The van der Waals surface area contributed by atoms with Crippen LogP contribution in [0.2, 0.25) is 0 Å². The maximum Gasteiger partial charge on any atom is 0.406 e. The van der Waals surface area contributed by atoms with E-state index < -0.39 is 18.6 Å². The molecule has 0 saturated carbocycles. The topological polar surface area (TPSA) is 20.3 Å². The van der Waals surface area contributed by atoms with Crippen LogP contribution in [-0.4, -0.2) is 30.1 Å². The van der Waals surface area contributed by atoms with Crippen molar-refractivity contribution in [2.24, 2.45) is 0 Å². The summed E-state index contributed by atoms with van der Waals surface area (Å²) in [5.41, 5.74) is 0.222. The van der Waals surface area contributed by atoms with Gasteiger partial charge in [0.2, 0.25) is 0 Å². The van der Waals surface area contributed by atoms with Gasteiger partial charge in [0.25, 0.3) is 5.91 Å². The van der Waals surface area contributed by atoms with Crippen LogP contribution in [0.1, 0.15) is 23.7 Å². The molecule has 6 heteroatoms. The third-order valence-corrected chi connectivity index (χ3v) is 2.52. The Bertz CT molecular complexity index is 420. The summed E-state index contributed by atoms with van der Waals surface area (Å²) in [5, 5.41) is 0. The Morgan fingerprint density at radius 2 is 2.06 bits per heavy atom. The molecule has 0 atom stereocenters. The number of thiol groups is 1. The summed E-state index contributed by atoms with van der Waals surface area (Å²) in [7, 11) is 0. The van der Waals surface area contributed by atoms with Gasteiger partial charge in [-0.1, -0.05) is 13.0 Å². The molecule has 0 aliphatic rings. The fourth-order valence-corrected chi connectivity index (χ4v) is 1.79. The Morgan fingerprint density at radius 1 is 1.39 bits per heavy atom. The quantitative estimate of drug-likeness (QED) is 0.836. The van der Waals surface area contributed by atoms with E-state index in [1.165, 1.54) is 12.1 Å². The van der Waals surface area contributed by atoms with Gasteiger partial charge in [-0.2, -0.15) is 13.2 Å². The minimum atomic E-state index is -4.39. The van der Waals surface area contributed by atoms with Crippen LogP contribution in [0.25, 0.3) is 0 Å². The molecule has 0 N–H and O–H groups in total. The maximum atomic E-state index is 12.4. The molecule has 0 unspecified atom stereocenters. The Labute approximate surface area is 109 Å². The van der Waals surface area contributed by atoms with Gasteiger partial charge in [0.05, 0.1) is 0 Å². The molecule has 0 radical (unpaired) electrons. The number of hydrogen-bond acceptors (Lipinski definition) is 2. The molecular formula is C12H14F3NOS. The Morgan fingerprint density at radius 3 is 2.56 bits per heavy atom. The zero-order valence-corrected chi connectivity index (χ0v) is 10.8. The number of hydrogen-bond donors (Lipinski definition) is 1. The van der Waals surface area contributed by atoms with Crippen LogP contribution in [0.4, 0.5) is 13.2 Å². The van der Waals surface area contributed by atoms with E-state index in [9.17, 15) is 18.0 Å². The van der Waals surface area contributed by atoms with Gasteiger partial charge in [-0.15, -0.1) is 12.6 Å². The highest BCUT2D eigenvalue weighted by Gasteiger charge is 2.32. The zero-order valence-electron chi connectivity index (χ0n) is 9.87. The van der Waals surface area contributed by atoms with Crippen molar-refractivity contribution in [3.8, 4) is 0 Å². The summed E-state index contributed by atoms with van der Waals surface area (Å²) in [6.45, 7) is 0.581. The molecule has 0 aliphatic heterocycles. The highest BCUT2D eigenvalue weighted by molar-refractivity contribution is 7.80. The van der Waals surface area contributed by atoms with Crippen molar-refractivity contribution in [3.05, 3.63) is 29.8 Å². The molecule has 1 amide bonds. The maximum absolute atomic E-state index is 12.4. The first kappa shape index (κ1) is 14.9. The first-order valence-corrected chi connectivity index (χ1v) is 5.93. The minimum absolute atomic E-state index is 0.0785. The first-order valence-electron chi connectivity index (χ1n) is 5.48. The number of carbonyl (C=O) groups is 1. The number of halogens is 3. The molecule has 1 aromatic carbocycles. The molecule has 18 heavy (non-hydrogen) atoms. The highest BCUT2D eigenvalue weighted by atomic mass is 32.1. The van der Waals surface area contributed by atoms with Gasteiger partial charge >= 0.3 is 6.18 Å². The highest BCUT2D eigenvalue weighted by Crippen LogP contribution is 2.19. The SMILES string of the molecule is CCCN(CC(F)(F)F)C(=O)c1cccc(S)c1. The molecule has 0 saturated heterocycles. The van der Waals surface area contributed by atoms with Crippen LogP contribution < -0.4 is 0 Å². The van der Waals surface area contributed by atoms with Crippen molar-refractivity contribution in [1.29, 1.82) is 0 Å². The smallest absolute Gasteiger partial charge is 0.330 e. The number of alkyl halides is 3. The molecule has 0 aromatic heterocycles. The Balaban J connectivity index is 2.89. The van der Waals surface area contributed by atoms with E-state index in [1.807, 2.05) is 0 Å². The number of nitrogens with zero attached hydrogens (tertiary/aromatic N) is 1. The van der Waals surface area contributed by atoms with Crippen LogP contribution in [0.5, 0.6) is 0 Å². The van der Waals surface area contributed by atoms with E-state index in [2.05, 4.69) is 12.6 Å². The molecular weight excluding hydrogens is 263 g/mol. The standard InChI is InChI=1S/C12H14F3NOS/c1-2-6-16(8-12(13,14)15)11(17)9-4-3-5-10(18)7-9/h3-5,7,18H,2,6,8H2,1H3. The normalized spacial score (nSPS) is 11.4. The van der Waals surface area contributed by atoms with Crippen molar-refractivity contribution in [2.45, 2.75) is 24.4 Å². The molecule has 0 heterocycles. The lowest BCUT2D eigenvalue weighted by Gasteiger charge is -2.23. The summed E-state index contributed by atoms with van der Waals surface area (Å²) in [5.74, 6) is -0.620. The van der Waals surface area contributed by atoms with Gasteiger partial charge in [0.15, 0.2) is 0 Å². The van der Waals surface area contributed by atoms with E-state index in [-0.39, 0.29) is 12.1 Å². The van der Waals surface area contributed by atoms with Gasteiger partial charge in [-0.3, -0.25) is 4.79 Å². The number of carbonyl (C=O) groups excluding carboxylic acids is 1. The number of rotatable bonds is 4. The van der Waals surface area contributed by atoms with Gasteiger partial charge in [-0.25, -0.2) is 0 Å². The van der Waals surface area contributed by atoms with Crippen molar-refractivity contribution < 1.29 is 18.0 Å². The molecule has 1 rings (SSSR count). The second-order valence-corrected chi connectivity index (χ2v) is 4.41. The lowest BCUT2D eigenvalue weighted by molar-refractivity contribution is -0.140. The van der Waals surface area contributed by atoms with E-state index >= 15 is 0 Å². The summed E-state index contributed by atoms with van der Waals surface area (Å²) < 4.78 is 37.1. The van der Waals surface area contributed by atoms with Crippen molar-refractivity contribution in [3.63, 3.8) is 0 Å². The second-order valence-electron chi connectivity index (χ2n) is 3.89. The fraction of sp³-hybridized carbons (Fsp3) is 0.417. The average Bonchev–Trinajstić information content (AvgIpc) is 2.26. The Hall–Kier alpha value is -1.17. The van der Waals surface area contributed by atoms with Gasteiger partial charge < -0.3 is 4.90 Å². The molecule has 0 spiro atoms. The van der Waals surface area contributed by atoms with E-state index in [0.29, 0.717) is 11.3 Å². The third kappa shape index (κ3) is 4.60. The van der Waals surface area contributed by atoms with Crippen LogP contribution >= 0.6 is 12.6 Å². The molecule has 0 bridgehead atoms. The molecule has 1 aromatic rings. The predicted molar refractivity (Wildman–Crippen MR) is 65.9 cm³/mol. The summed E-state index contributed by atoms with van der Waals surface area (Å²) >= 11 is 4.06. The van der Waals surface area contributed by atoms with Crippen molar-refractivity contribution >= 4 is 18.5 Å². The molecule has 100 valence electrons. The van der Waals surface area contributed by atoms with E-state index in [4.69, 9.17) is 0 Å². The van der Waals surface area contributed by atoms with Gasteiger partial charge in [0, 0.05) is 17.0 Å². The van der Waals surface area contributed by atoms with Gasteiger partial charge in [0.1, 0.15) is 6.54 Å². The average molecular weight is 277 g/mol. The first-order chi connectivity index (χ1) is 8.33. The van der Waals surface area contributed by atoms with Crippen LogP contribution in [-0.2, 0) is 0 Å². The second kappa shape index (κ2) is 6.13. The third-order valence-electron chi connectivity index (χ3n) is 2.24. The van der Waals surface area contributed by atoms with Crippen molar-refractivity contribution in [1.82, 2.24) is 4.90 Å². The number of benzene rings is 1. The monoisotopic (exact) mass is 277 g/mol. The van der Waals surface area contributed by atoms with E-state index in [0.717, 1.165) is 4.90 Å². The Kier molecular flexibility index (Phi) is 5.07. The minimum Gasteiger partial charge on any atom is -0.330 e. The summed E-state index contributed by atoms with van der Waals surface area (Å²) in [6, 6.07) is 6.20. The fourth-order valence-electron chi connectivity index (χ4n) is 1.56. The van der Waals surface area contributed by atoms with Crippen LogP contribution in [0.3, 0.4) is 0 Å². The number of amides is 1. The van der Waals surface area contributed by atoms with Crippen LogP contribution in [0.15, 0.2) is 29.2 Å². The van der Waals surface area contributed by atoms with Crippen molar-refractivity contribution in [2.75, 3.05) is 13.1 Å². The summed E-state index contributed by atoms with van der Waals surface area (Å²) in [4.78, 5) is 13.3. The van der Waals surface area contributed by atoms with Gasteiger partial charge in [-0.05, 0) is 24.6 Å². The van der Waals surface area contributed by atoms with Crippen LogP contribution in [0, 0.1) is 0 Å². The lowest BCUT2D eigenvalue weighted by atomic mass is 10.2. The summed E-state index contributed by atoms with van der Waals surface area (Å²) in [6.07, 6.45) is -3.91. The zero-order chi connectivity index (χ0) is 13.8. The molecule has 0 fully saturated rings. The lowest BCUT2D eigenvalue weighted by Crippen LogP contribution is -2.39.